The van der Waals surface area contributed by atoms with Crippen LogP contribution in [0, 0.1) is 0 Å². The molecular weight excluding hydrogens is 304 g/mol. The molecule has 3 rings (SSSR count). The number of carbonyl (C=O) groups excluding carboxylic acids is 1. The molecule has 19 heavy (non-hydrogen) atoms. The predicted octanol–water partition coefficient (Wildman–Crippen LogP) is 4.16. The van der Waals surface area contributed by atoms with Crippen molar-refractivity contribution in [2.45, 2.75) is 19.4 Å². The van der Waals surface area contributed by atoms with Crippen molar-refractivity contribution in [1.29, 1.82) is 0 Å². The van der Waals surface area contributed by atoms with Crippen LogP contribution in [0.25, 0.3) is 0 Å². The van der Waals surface area contributed by atoms with E-state index < -0.39 is 0 Å². The van der Waals surface area contributed by atoms with E-state index in [0.717, 1.165) is 33.3 Å². The topological polar surface area (TPSA) is 26.3 Å². The van der Waals surface area contributed by atoms with Gasteiger partial charge in [0.2, 0.25) is 0 Å². The number of Topliss-reactive ketones (excluding diaryl/α,β-unsaturated/α-hetero) is 1. The van der Waals surface area contributed by atoms with Crippen molar-refractivity contribution in [3.05, 3.63) is 63.6 Å². The average Bonchev–Trinajstić information content (AvgIpc) is 2.80. The van der Waals surface area contributed by atoms with Crippen molar-refractivity contribution >= 4 is 21.7 Å². The SMILES string of the molecule is O=C1CCc2ccc(OCc3ccc(Br)cc3)cc21. The third-order valence-electron chi connectivity index (χ3n) is 3.32. The second kappa shape index (κ2) is 5.17. The van der Waals surface area contributed by atoms with Crippen molar-refractivity contribution in [3.63, 3.8) is 0 Å². The first-order valence-corrected chi connectivity index (χ1v) is 7.05. The maximum atomic E-state index is 11.7. The van der Waals surface area contributed by atoms with Gasteiger partial charge in [0.15, 0.2) is 5.78 Å². The molecule has 0 fully saturated rings. The van der Waals surface area contributed by atoms with Crippen LogP contribution in [-0.2, 0) is 13.0 Å². The first-order valence-electron chi connectivity index (χ1n) is 6.26. The van der Waals surface area contributed by atoms with Gasteiger partial charge >= 0.3 is 0 Å². The minimum Gasteiger partial charge on any atom is -0.489 e. The summed E-state index contributed by atoms with van der Waals surface area (Å²) >= 11 is 3.40. The standard InChI is InChI=1S/C16H13BrO2/c17-13-5-1-11(2-6-13)10-19-14-7-3-12-4-8-16(18)15(12)9-14/h1-3,5-7,9H,4,8,10H2. The van der Waals surface area contributed by atoms with E-state index in [4.69, 9.17) is 4.74 Å². The molecule has 0 N–H and O–H groups in total. The van der Waals surface area contributed by atoms with Crippen LogP contribution in [0.4, 0.5) is 0 Å². The molecule has 0 saturated carbocycles. The van der Waals surface area contributed by atoms with Crippen molar-refractivity contribution in [1.82, 2.24) is 0 Å². The third kappa shape index (κ3) is 2.71. The van der Waals surface area contributed by atoms with E-state index in [1.165, 1.54) is 0 Å². The lowest BCUT2D eigenvalue weighted by Gasteiger charge is -2.08. The van der Waals surface area contributed by atoms with Crippen molar-refractivity contribution in [3.8, 4) is 5.75 Å². The highest BCUT2D eigenvalue weighted by molar-refractivity contribution is 9.10. The molecule has 96 valence electrons. The summed E-state index contributed by atoms with van der Waals surface area (Å²) in [5.41, 5.74) is 3.07. The molecule has 0 aliphatic heterocycles. The zero-order valence-corrected chi connectivity index (χ0v) is 11.9. The van der Waals surface area contributed by atoms with Gasteiger partial charge in [0.25, 0.3) is 0 Å². The second-order valence-corrected chi connectivity index (χ2v) is 5.57. The molecule has 2 aromatic rings. The molecule has 0 unspecified atom stereocenters. The van der Waals surface area contributed by atoms with Crippen LogP contribution in [0.1, 0.15) is 27.9 Å². The molecule has 0 heterocycles. The fourth-order valence-electron chi connectivity index (χ4n) is 2.25. The molecule has 1 aliphatic rings. The number of benzene rings is 2. The molecule has 0 amide bonds. The Morgan fingerprint density at radius 2 is 1.84 bits per heavy atom. The van der Waals surface area contributed by atoms with Crippen LogP contribution in [0.5, 0.6) is 5.75 Å². The zero-order chi connectivity index (χ0) is 13.2. The fraction of sp³-hybridized carbons (Fsp3) is 0.188. The Labute approximate surface area is 120 Å². The van der Waals surface area contributed by atoms with Gasteiger partial charge in [-0.3, -0.25) is 4.79 Å². The summed E-state index contributed by atoms with van der Waals surface area (Å²) in [5.74, 6) is 0.987. The lowest BCUT2D eigenvalue weighted by atomic mass is 10.1. The number of ketones is 1. The van der Waals surface area contributed by atoms with Gasteiger partial charge in [-0.05, 0) is 41.8 Å². The highest BCUT2D eigenvalue weighted by Crippen LogP contribution is 2.26. The number of hydrogen-bond donors (Lipinski definition) is 0. The molecule has 2 aromatic carbocycles. The Morgan fingerprint density at radius 1 is 1.05 bits per heavy atom. The van der Waals surface area contributed by atoms with Crippen molar-refractivity contribution in [2.24, 2.45) is 0 Å². The van der Waals surface area contributed by atoms with E-state index >= 15 is 0 Å². The predicted molar refractivity (Wildman–Crippen MR) is 77.6 cm³/mol. The van der Waals surface area contributed by atoms with Gasteiger partial charge in [-0.15, -0.1) is 0 Å². The quantitative estimate of drug-likeness (QED) is 0.850. The first-order chi connectivity index (χ1) is 9.22. The zero-order valence-electron chi connectivity index (χ0n) is 10.4. The monoisotopic (exact) mass is 316 g/mol. The van der Waals surface area contributed by atoms with E-state index in [-0.39, 0.29) is 5.78 Å². The largest absolute Gasteiger partial charge is 0.489 e. The third-order valence-corrected chi connectivity index (χ3v) is 3.85. The number of rotatable bonds is 3. The lowest BCUT2D eigenvalue weighted by Crippen LogP contribution is -1.97. The molecule has 2 nitrogen and oxygen atoms in total. The van der Waals surface area contributed by atoms with Crippen molar-refractivity contribution in [2.75, 3.05) is 0 Å². The summed E-state index contributed by atoms with van der Waals surface area (Å²) in [4.78, 5) is 11.7. The number of carbonyl (C=O) groups is 1. The summed E-state index contributed by atoms with van der Waals surface area (Å²) in [7, 11) is 0. The maximum Gasteiger partial charge on any atom is 0.163 e. The van der Waals surface area contributed by atoms with Crippen LogP contribution in [0.3, 0.4) is 0 Å². The number of fused-ring (bicyclic) bond motifs is 1. The van der Waals surface area contributed by atoms with Crippen LogP contribution >= 0.6 is 15.9 Å². The average molecular weight is 317 g/mol. The van der Waals surface area contributed by atoms with E-state index in [1.54, 1.807) is 0 Å². The Balaban J connectivity index is 1.72. The fourth-order valence-corrected chi connectivity index (χ4v) is 2.52. The normalized spacial score (nSPS) is 13.4. The van der Waals surface area contributed by atoms with Crippen molar-refractivity contribution < 1.29 is 9.53 Å². The molecule has 0 bridgehead atoms. The summed E-state index contributed by atoms with van der Waals surface area (Å²) in [5, 5.41) is 0. The van der Waals surface area contributed by atoms with Crippen LogP contribution in [0.15, 0.2) is 46.9 Å². The summed E-state index contributed by atoms with van der Waals surface area (Å²) in [6.45, 7) is 0.514. The molecule has 0 radical (unpaired) electrons. The minimum absolute atomic E-state index is 0.226. The van der Waals surface area contributed by atoms with Crippen LogP contribution in [-0.4, -0.2) is 5.78 Å². The Hall–Kier alpha value is -1.61. The lowest BCUT2D eigenvalue weighted by molar-refractivity contribution is 0.0994. The number of aryl methyl sites for hydroxylation is 1. The van der Waals surface area contributed by atoms with Gasteiger partial charge in [0.1, 0.15) is 12.4 Å². The van der Waals surface area contributed by atoms with Gasteiger partial charge in [0, 0.05) is 16.5 Å². The molecule has 3 heteroatoms. The number of ether oxygens (including phenoxy) is 1. The minimum atomic E-state index is 0.226. The molecule has 1 aliphatic carbocycles. The van der Waals surface area contributed by atoms with E-state index in [1.807, 2.05) is 42.5 Å². The van der Waals surface area contributed by atoms with Gasteiger partial charge in [0.05, 0.1) is 0 Å². The molecule has 0 atom stereocenters. The van der Waals surface area contributed by atoms with E-state index in [9.17, 15) is 4.79 Å². The second-order valence-electron chi connectivity index (χ2n) is 4.66. The Bertz CT molecular complexity index is 617. The first kappa shape index (κ1) is 12.4. The Kier molecular flexibility index (Phi) is 3.38. The number of halogens is 1. The molecular formula is C16H13BrO2. The van der Waals surface area contributed by atoms with Crippen LogP contribution < -0.4 is 4.74 Å². The van der Waals surface area contributed by atoms with Crippen LogP contribution in [0.2, 0.25) is 0 Å². The summed E-state index contributed by atoms with van der Waals surface area (Å²) in [6.07, 6.45) is 1.49. The van der Waals surface area contributed by atoms with E-state index in [0.29, 0.717) is 13.0 Å². The molecule has 0 spiro atoms. The van der Waals surface area contributed by atoms with Gasteiger partial charge in [-0.1, -0.05) is 34.1 Å². The maximum absolute atomic E-state index is 11.7. The van der Waals surface area contributed by atoms with E-state index in [2.05, 4.69) is 15.9 Å². The molecule has 0 saturated heterocycles. The number of hydrogen-bond acceptors (Lipinski definition) is 2. The summed E-state index contributed by atoms with van der Waals surface area (Å²) < 4.78 is 6.79. The highest BCUT2D eigenvalue weighted by Gasteiger charge is 2.19. The smallest absolute Gasteiger partial charge is 0.163 e. The van der Waals surface area contributed by atoms with Gasteiger partial charge in [-0.2, -0.15) is 0 Å². The summed E-state index contributed by atoms with van der Waals surface area (Å²) in [6, 6.07) is 13.8. The molecule has 0 aromatic heterocycles. The highest BCUT2D eigenvalue weighted by atomic mass is 79.9. The van der Waals surface area contributed by atoms with Gasteiger partial charge in [-0.25, -0.2) is 0 Å². The van der Waals surface area contributed by atoms with Gasteiger partial charge < -0.3 is 4.74 Å². The Morgan fingerprint density at radius 3 is 2.63 bits per heavy atom.